The summed E-state index contributed by atoms with van der Waals surface area (Å²) in [6, 6.07) is 11.8. The highest BCUT2D eigenvalue weighted by Gasteiger charge is 2.01. The van der Waals surface area contributed by atoms with E-state index in [2.05, 4.69) is 42.4 Å². The predicted molar refractivity (Wildman–Crippen MR) is 92.5 cm³/mol. The minimum atomic E-state index is 0.669. The summed E-state index contributed by atoms with van der Waals surface area (Å²) in [5.74, 6) is 0. The fraction of sp³-hybridized carbons (Fsp3) is 0.133. The van der Waals surface area contributed by atoms with Gasteiger partial charge in [-0.25, -0.2) is 0 Å². The number of hydrazone groups is 1. The topological polar surface area (TPSA) is 24.4 Å². The van der Waals surface area contributed by atoms with Gasteiger partial charge in [0.05, 0.1) is 12.8 Å². The van der Waals surface area contributed by atoms with E-state index in [4.69, 9.17) is 11.6 Å². The van der Waals surface area contributed by atoms with Crippen molar-refractivity contribution in [3.8, 4) is 0 Å². The van der Waals surface area contributed by atoms with Crippen LogP contribution in [0.25, 0.3) is 0 Å². The van der Waals surface area contributed by atoms with E-state index in [0.29, 0.717) is 6.54 Å². The van der Waals surface area contributed by atoms with Crippen molar-refractivity contribution in [3.05, 3.63) is 67.1 Å². The first-order valence-electron chi connectivity index (χ1n) is 6.02. The molecule has 2 rings (SSSR count). The molecule has 2 nitrogen and oxygen atoms in total. The Morgan fingerprint density at radius 3 is 2.35 bits per heavy atom. The van der Waals surface area contributed by atoms with E-state index in [1.54, 1.807) is 6.21 Å². The van der Waals surface area contributed by atoms with E-state index < -0.39 is 0 Å². The van der Waals surface area contributed by atoms with E-state index in [9.17, 15) is 0 Å². The van der Waals surface area contributed by atoms with Gasteiger partial charge in [0.25, 0.3) is 0 Å². The van der Waals surface area contributed by atoms with Gasteiger partial charge in [0.15, 0.2) is 0 Å². The van der Waals surface area contributed by atoms with Crippen molar-refractivity contribution in [1.82, 2.24) is 5.43 Å². The maximum Gasteiger partial charge on any atom is 0.0580 e. The van der Waals surface area contributed by atoms with E-state index in [0.717, 1.165) is 25.1 Å². The first-order chi connectivity index (χ1) is 9.56. The number of nitrogens with one attached hydrogen (secondary N) is 1. The van der Waals surface area contributed by atoms with Crippen molar-refractivity contribution in [2.24, 2.45) is 5.10 Å². The zero-order valence-corrected chi connectivity index (χ0v) is 14.8. The third-order valence-corrected chi connectivity index (χ3v) is 4.70. The Kier molecular flexibility index (Phi) is 5.64. The largest absolute Gasteiger partial charge is 0.306 e. The van der Waals surface area contributed by atoms with Gasteiger partial charge in [0.2, 0.25) is 0 Å². The number of hydrogen-bond acceptors (Lipinski definition) is 2. The van der Waals surface area contributed by atoms with Crippen molar-refractivity contribution in [2.75, 3.05) is 0 Å². The molecule has 0 spiro atoms. The molecule has 0 radical (unpaired) electrons. The summed E-state index contributed by atoms with van der Waals surface area (Å²) >= 11 is 12.9. The van der Waals surface area contributed by atoms with Crippen LogP contribution in [0.1, 0.15) is 16.7 Å². The average molecular weight is 417 g/mol. The highest BCUT2D eigenvalue weighted by molar-refractivity contribution is 9.11. The van der Waals surface area contributed by atoms with Gasteiger partial charge in [-0.15, -0.1) is 0 Å². The molecule has 2 aromatic rings. The SMILES string of the molecule is Cc1c(Br)cc(/C=N\NCc2ccc(Cl)cc2)cc1Br. The van der Waals surface area contributed by atoms with Crippen molar-refractivity contribution < 1.29 is 0 Å². The fourth-order valence-electron chi connectivity index (χ4n) is 1.60. The number of benzene rings is 2. The Morgan fingerprint density at radius 1 is 1.15 bits per heavy atom. The van der Waals surface area contributed by atoms with E-state index in [1.807, 2.05) is 43.3 Å². The predicted octanol–water partition coefficient (Wildman–Crippen LogP) is 5.30. The van der Waals surface area contributed by atoms with Crippen LogP contribution in [-0.4, -0.2) is 6.21 Å². The lowest BCUT2D eigenvalue weighted by molar-refractivity contribution is 0.748. The van der Waals surface area contributed by atoms with Gasteiger partial charge in [-0.2, -0.15) is 5.10 Å². The lowest BCUT2D eigenvalue weighted by Gasteiger charge is -2.04. The summed E-state index contributed by atoms with van der Waals surface area (Å²) in [4.78, 5) is 0. The summed E-state index contributed by atoms with van der Waals surface area (Å²) in [6.45, 7) is 2.72. The van der Waals surface area contributed by atoms with E-state index in [1.165, 1.54) is 5.56 Å². The van der Waals surface area contributed by atoms with Crippen LogP contribution in [0.3, 0.4) is 0 Å². The second-order valence-corrected chi connectivity index (χ2v) is 6.47. The number of rotatable bonds is 4. The Bertz CT molecular complexity index is 601. The Hall–Kier alpha value is -0.840. The summed E-state index contributed by atoms with van der Waals surface area (Å²) < 4.78 is 2.12. The first kappa shape index (κ1) is 15.5. The molecular formula is C15H13Br2ClN2. The van der Waals surface area contributed by atoms with Gasteiger partial charge in [-0.05, 0) is 47.9 Å². The third-order valence-electron chi connectivity index (χ3n) is 2.80. The van der Waals surface area contributed by atoms with Gasteiger partial charge in [-0.3, -0.25) is 0 Å². The van der Waals surface area contributed by atoms with Crippen LogP contribution >= 0.6 is 43.5 Å². The molecule has 0 amide bonds. The number of halogens is 3. The maximum absolute atomic E-state index is 5.84. The summed E-state index contributed by atoms with van der Waals surface area (Å²) in [6.07, 6.45) is 1.80. The lowest BCUT2D eigenvalue weighted by Crippen LogP contribution is -2.05. The summed E-state index contributed by atoms with van der Waals surface area (Å²) in [5.41, 5.74) is 6.36. The van der Waals surface area contributed by atoms with Crippen LogP contribution in [0.4, 0.5) is 0 Å². The Labute approximate surface area is 140 Å². The molecule has 0 bridgehead atoms. The highest BCUT2D eigenvalue weighted by atomic mass is 79.9. The molecule has 20 heavy (non-hydrogen) atoms. The molecule has 1 N–H and O–H groups in total. The van der Waals surface area contributed by atoms with Crippen LogP contribution in [0, 0.1) is 6.92 Å². The second-order valence-electron chi connectivity index (χ2n) is 4.33. The zero-order valence-electron chi connectivity index (χ0n) is 10.8. The van der Waals surface area contributed by atoms with E-state index >= 15 is 0 Å². The summed E-state index contributed by atoms with van der Waals surface area (Å²) in [7, 11) is 0. The minimum Gasteiger partial charge on any atom is -0.306 e. The monoisotopic (exact) mass is 414 g/mol. The molecule has 0 atom stereocenters. The minimum absolute atomic E-state index is 0.669. The molecule has 0 heterocycles. The van der Waals surface area contributed by atoms with Gasteiger partial charge in [0, 0.05) is 14.0 Å². The fourth-order valence-corrected chi connectivity index (χ4v) is 2.95. The van der Waals surface area contributed by atoms with Gasteiger partial charge in [-0.1, -0.05) is 55.6 Å². The Morgan fingerprint density at radius 2 is 1.75 bits per heavy atom. The number of hydrogen-bond donors (Lipinski definition) is 1. The molecule has 5 heteroatoms. The molecule has 0 aliphatic heterocycles. The normalized spacial score (nSPS) is 11.0. The van der Waals surface area contributed by atoms with Crippen LogP contribution < -0.4 is 5.43 Å². The molecule has 0 aliphatic carbocycles. The van der Waals surface area contributed by atoms with E-state index in [-0.39, 0.29) is 0 Å². The quantitative estimate of drug-likeness (QED) is 0.531. The highest BCUT2D eigenvalue weighted by Crippen LogP contribution is 2.25. The maximum atomic E-state index is 5.84. The number of nitrogens with zero attached hydrogens (tertiary/aromatic N) is 1. The molecule has 104 valence electrons. The smallest absolute Gasteiger partial charge is 0.0580 e. The standard InChI is InChI=1S/C15H13Br2ClN2/c1-10-14(16)6-12(7-15(10)17)9-20-19-8-11-2-4-13(18)5-3-11/h2-7,9,19H,8H2,1H3/b20-9-. The zero-order chi connectivity index (χ0) is 14.5. The average Bonchev–Trinajstić information content (AvgIpc) is 2.43. The molecule has 0 fully saturated rings. The lowest BCUT2D eigenvalue weighted by atomic mass is 10.2. The first-order valence-corrected chi connectivity index (χ1v) is 7.98. The van der Waals surface area contributed by atoms with Crippen molar-refractivity contribution in [1.29, 1.82) is 0 Å². The van der Waals surface area contributed by atoms with Gasteiger partial charge < -0.3 is 5.43 Å². The van der Waals surface area contributed by atoms with Crippen LogP contribution in [0.15, 0.2) is 50.4 Å². The molecule has 0 saturated heterocycles. The molecule has 0 unspecified atom stereocenters. The van der Waals surface area contributed by atoms with Crippen molar-refractivity contribution in [3.63, 3.8) is 0 Å². The molecular weight excluding hydrogens is 403 g/mol. The van der Waals surface area contributed by atoms with Gasteiger partial charge in [0.1, 0.15) is 0 Å². The van der Waals surface area contributed by atoms with Crippen LogP contribution in [-0.2, 0) is 6.54 Å². The van der Waals surface area contributed by atoms with Crippen LogP contribution in [0.2, 0.25) is 5.02 Å². The van der Waals surface area contributed by atoms with Crippen molar-refractivity contribution in [2.45, 2.75) is 13.5 Å². The van der Waals surface area contributed by atoms with Crippen molar-refractivity contribution >= 4 is 49.7 Å². The second kappa shape index (κ2) is 7.25. The van der Waals surface area contributed by atoms with Gasteiger partial charge >= 0.3 is 0 Å². The Balaban J connectivity index is 1.95. The van der Waals surface area contributed by atoms with Crippen LogP contribution in [0.5, 0.6) is 0 Å². The molecule has 0 saturated carbocycles. The molecule has 0 aromatic heterocycles. The third kappa shape index (κ3) is 4.33. The molecule has 0 aliphatic rings. The summed E-state index contributed by atoms with van der Waals surface area (Å²) in [5, 5.41) is 4.96. The molecule has 2 aromatic carbocycles.